The molecule has 0 unspecified atom stereocenters. The molecule has 4 rings (SSSR count). The Morgan fingerprint density at radius 2 is 1.88 bits per heavy atom. The van der Waals surface area contributed by atoms with Gasteiger partial charge in [-0.05, 0) is 23.8 Å². The highest BCUT2D eigenvalue weighted by molar-refractivity contribution is 5.77. The van der Waals surface area contributed by atoms with Crippen LogP contribution in [0.5, 0.6) is 0 Å². The molecule has 4 nitrogen and oxygen atoms in total. The summed E-state index contributed by atoms with van der Waals surface area (Å²) in [6.07, 6.45) is -0.203. The molecule has 2 aliphatic rings. The number of amides is 1. The monoisotopic (exact) mass is 358 g/mol. The van der Waals surface area contributed by atoms with Crippen LogP contribution in [0, 0.1) is 11.6 Å². The van der Waals surface area contributed by atoms with Gasteiger partial charge in [-0.2, -0.15) is 0 Å². The molecular weight excluding hydrogens is 338 g/mol. The van der Waals surface area contributed by atoms with Crippen LogP contribution < -0.4 is 5.32 Å². The van der Waals surface area contributed by atoms with Gasteiger partial charge in [0.25, 0.3) is 0 Å². The van der Waals surface area contributed by atoms with Crippen molar-refractivity contribution in [2.45, 2.75) is 24.6 Å². The van der Waals surface area contributed by atoms with E-state index >= 15 is 0 Å². The summed E-state index contributed by atoms with van der Waals surface area (Å²) in [6.45, 7) is 1.55. The van der Waals surface area contributed by atoms with Gasteiger partial charge in [0.05, 0.1) is 12.1 Å². The number of benzene rings is 2. The van der Waals surface area contributed by atoms with Crippen molar-refractivity contribution in [1.82, 2.24) is 10.2 Å². The fraction of sp³-hybridized carbons (Fsp3) is 0.350. The number of ether oxygens (including phenoxy) is 1. The van der Waals surface area contributed by atoms with Gasteiger partial charge in [0.1, 0.15) is 18.2 Å². The van der Waals surface area contributed by atoms with Crippen LogP contribution in [-0.2, 0) is 16.1 Å². The molecule has 26 heavy (non-hydrogen) atoms. The molecule has 2 fully saturated rings. The molecule has 3 atom stereocenters. The van der Waals surface area contributed by atoms with Crippen molar-refractivity contribution in [3.63, 3.8) is 0 Å². The summed E-state index contributed by atoms with van der Waals surface area (Å²) in [5.41, 5.74) is 1.58. The molecule has 0 bridgehead atoms. The molecule has 6 heteroatoms. The van der Waals surface area contributed by atoms with E-state index in [4.69, 9.17) is 4.74 Å². The maximum Gasteiger partial charge on any atom is 0.246 e. The van der Waals surface area contributed by atoms with Crippen LogP contribution in [0.3, 0.4) is 0 Å². The molecule has 2 aliphatic heterocycles. The van der Waals surface area contributed by atoms with Crippen molar-refractivity contribution in [3.05, 3.63) is 71.3 Å². The van der Waals surface area contributed by atoms with Crippen LogP contribution in [0.15, 0.2) is 48.5 Å². The molecule has 2 heterocycles. The SMILES string of the molecule is O=C1CO[C@@H]2[C@@H](c3ccc(F)cc3)CN(Cc3ccccc3F)[C@@H]2CN1. The minimum atomic E-state index is -0.287. The highest BCUT2D eigenvalue weighted by Crippen LogP contribution is 2.36. The van der Waals surface area contributed by atoms with Crippen LogP contribution in [0.1, 0.15) is 17.0 Å². The number of carbonyl (C=O) groups is 1. The van der Waals surface area contributed by atoms with Gasteiger partial charge in [0.2, 0.25) is 5.91 Å². The fourth-order valence-electron chi connectivity index (χ4n) is 3.91. The minimum Gasteiger partial charge on any atom is -0.366 e. The lowest BCUT2D eigenvalue weighted by atomic mass is 9.93. The Kier molecular flexibility index (Phi) is 4.70. The predicted octanol–water partition coefficient (Wildman–Crippen LogP) is 2.45. The zero-order valence-corrected chi connectivity index (χ0v) is 14.2. The summed E-state index contributed by atoms with van der Waals surface area (Å²) < 4.78 is 33.3. The van der Waals surface area contributed by atoms with Crippen LogP contribution in [0.4, 0.5) is 8.78 Å². The number of nitrogens with one attached hydrogen (secondary N) is 1. The molecular formula is C20H20F2N2O2. The average molecular weight is 358 g/mol. The second kappa shape index (κ2) is 7.13. The van der Waals surface area contributed by atoms with Crippen molar-refractivity contribution in [3.8, 4) is 0 Å². The predicted molar refractivity (Wildman–Crippen MR) is 92.5 cm³/mol. The Morgan fingerprint density at radius 1 is 1.12 bits per heavy atom. The van der Waals surface area contributed by atoms with Crippen molar-refractivity contribution in [2.75, 3.05) is 19.7 Å². The highest BCUT2D eigenvalue weighted by Gasteiger charge is 2.44. The lowest BCUT2D eigenvalue weighted by Crippen LogP contribution is -2.42. The van der Waals surface area contributed by atoms with E-state index in [2.05, 4.69) is 10.2 Å². The molecule has 0 radical (unpaired) electrons. The van der Waals surface area contributed by atoms with Gasteiger partial charge in [-0.3, -0.25) is 9.69 Å². The van der Waals surface area contributed by atoms with Crippen LogP contribution >= 0.6 is 0 Å². The average Bonchev–Trinajstić information content (AvgIpc) is 2.85. The van der Waals surface area contributed by atoms with Gasteiger partial charge in [-0.25, -0.2) is 8.78 Å². The second-order valence-corrected chi connectivity index (χ2v) is 6.83. The van der Waals surface area contributed by atoms with Crippen LogP contribution in [0.2, 0.25) is 0 Å². The third-order valence-corrected chi connectivity index (χ3v) is 5.22. The normalized spacial score (nSPS) is 26.2. The van der Waals surface area contributed by atoms with Gasteiger partial charge in [-0.15, -0.1) is 0 Å². The first-order valence-electron chi connectivity index (χ1n) is 8.73. The zero-order valence-electron chi connectivity index (χ0n) is 14.2. The van der Waals surface area contributed by atoms with Gasteiger partial charge < -0.3 is 10.1 Å². The summed E-state index contributed by atoms with van der Waals surface area (Å²) in [6, 6.07) is 13.0. The Morgan fingerprint density at radius 3 is 2.65 bits per heavy atom. The molecule has 136 valence electrons. The van der Waals surface area contributed by atoms with E-state index in [-0.39, 0.29) is 42.2 Å². The first-order valence-corrected chi connectivity index (χ1v) is 8.73. The first kappa shape index (κ1) is 17.1. The number of likely N-dealkylation sites (tertiary alicyclic amines) is 1. The third-order valence-electron chi connectivity index (χ3n) is 5.22. The molecule has 0 aromatic heterocycles. The van der Waals surface area contributed by atoms with E-state index in [1.807, 2.05) is 6.07 Å². The quantitative estimate of drug-likeness (QED) is 0.916. The number of nitrogens with zero attached hydrogens (tertiary/aromatic N) is 1. The summed E-state index contributed by atoms with van der Waals surface area (Å²) in [5, 5.41) is 2.87. The first-order chi connectivity index (χ1) is 12.6. The van der Waals surface area contributed by atoms with Gasteiger partial charge >= 0.3 is 0 Å². The molecule has 0 aliphatic carbocycles. The number of carbonyl (C=O) groups excluding carboxylic acids is 1. The smallest absolute Gasteiger partial charge is 0.246 e. The lowest BCUT2D eigenvalue weighted by molar-refractivity contribution is -0.125. The van der Waals surface area contributed by atoms with E-state index in [9.17, 15) is 13.6 Å². The molecule has 2 aromatic rings. The maximum atomic E-state index is 14.1. The standard InChI is InChI=1S/C20H20F2N2O2/c21-15-7-5-13(6-8-15)16-11-24(10-14-3-1-2-4-17(14)22)18-9-23-19(25)12-26-20(16)18/h1-8,16,18,20H,9-12H2,(H,23,25)/t16-,18-,20-/m1/s1. The summed E-state index contributed by atoms with van der Waals surface area (Å²) in [7, 11) is 0. The van der Waals surface area contributed by atoms with Crippen molar-refractivity contribution >= 4 is 5.91 Å². The fourth-order valence-corrected chi connectivity index (χ4v) is 3.91. The largest absolute Gasteiger partial charge is 0.366 e. The number of halogens is 2. The van der Waals surface area contributed by atoms with Gasteiger partial charge in [0.15, 0.2) is 0 Å². The number of hydrogen-bond acceptors (Lipinski definition) is 3. The number of rotatable bonds is 3. The molecule has 1 amide bonds. The van der Waals surface area contributed by atoms with Crippen molar-refractivity contribution < 1.29 is 18.3 Å². The van der Waals surface area contributed by atoms with Crippen molar-refractivity contribution in [2.24, 2.45) is 0 Å². The topological polar surface area (TPSA) is 41.6 Å². The van der Waals surface area contributed by atoms with E-state index in [1.54, 1.807) is 24.3 Å². The zero-order chi connectivity index (χ0) is 18.1. The highest BCUT2D eigenvalue weighted by atomic mass is 19.1. The van der Waals surface area contributed by atoms with Crippen LogP contribution in [-0.4, -0.2) is 42.6 Å². The minimum absolute atomic E-state index is 0.0000680. The Hall–Kier alpha value is -2.31. The maximum absolute atomic E-state index is 14.1. The summed E-state index contributed by atoms with van der Waals surface area (Å²) >= 11 is 0. The van der Waals surface area contributed by atoms with Gasteiger partial charge in [0, 0.05) is 31.1 Å². The second-order valence-electron chi connectivity index (χ2n) is 6.83. The molecule has 1 N–H and O–H groups in total. The van der Waals surface area contributed by atoms with E-state index in [0.29, 0.717) is 25.2 Å². The number of fused-ring (bicyclic) bond motifs is 1. The molecule has 2 aromatic carbocycles. The molecule has 2 saturated heterocycles. The van der Waals surface area contributed by atoms with E-state index in [1.165, 1.54) is 18.2 Å². The van der Waals surface area contributed by atoms with E-state index in [0.717, 1.165) is 5.56 Å². The van der Waals surface area contributed by atoms with Crippen molar-refractivity contribution in [1.29, 1.82) is 0 Å². The third kappa shape index (κ3) is 3.34. The van der Waals surface area contributed by atoms with Gasteiger partial charge in [-0.1, -0.05) is 30.3 Å². The lowest BCUT2D eigenvalue weighted by Gasteiger charge is -2.26. The van der Waals surface area contributed by atoms with E-state index < -0.39 is 0 Å². The van der Waals surface area contributed by atoms with Crippen LogP contribution in [0.25, 0.3) is 0 Å². The summed E-state index contributed by atoms with van der Waals surface area (Å²) in [4.78, 5) is 13.9. The Balaban J connectivity index is 1.63. The molecule has 0 spiro atoms. The molecule has 0 saturated carbocycles. The summed E-state index contributed by atoms with van der Waals surface area (Å²) in [5.74, 6) is -0.679. The Bertz CT molecular complexity index is 797. The number of hydrogen-bond donors (Lipinski definition) is 1. The Labute approximate surface area is 150 Å².